The van der Waals surface area contributed by atoms with Crippen LogP contribution in [0.3, 0.4) is 0 Å². The number of fused-ring (bicyclic) bond motifs is 1. The molecule has 1 atom stereocenters. The van der Waals surface area contributed by atoms with Crippen LogP contribution in [0.25, 0.3) is 10.2 Å². The summed E-state index contributed by atoms with van der Waals surface area (Å²) in [5, 5.41) is 5.89. The van der Waals surface area contributed by atoms with Crippen LogP contribution >= 0.6 is 23.1 Å². The molecule has 1 saturated carbocycles. The molecule has 0 aromatic carbocycles. The number of thiophene rings is 1. The molecular formula is C16H21N3OS2. The number of rotatable bonds is 5. The maximum atomic E-state index is 12.3. The Bertz CT molecular complexity index is 637. The maximum Gasteiger partial charge on any atom is 0.233 e. The van der Waals surface area contributed by atoms with Crippen LogP contribution in [-0.2, 0) is 4.79 Å². The molecule has 3 rings (SSSR count). The van der Waals surface area contributed by atoms with Gasteiger partial charge in [-0.15, -0.1) is 11.3 Å². The molecule has 6 heteroatoms. The Morgan fingerprint density at radius 1 is 1.41 bits per heavy atom. The van der Waals surface area contributed by atoms with Crippen molar-refractivity contribution in [3.63, 3.8) is 0 Å². The molecule has 1 aliphatic rings. The van der Waals surface area contributed by atoms with Gasteiger partial charge in [0.2, 0.25) is 5.91 Å². The number of carbonyl (C=O) groups is 1. The van der Waals surface area contributed by atoms with Crippen LogP contribution in [0, 0.1) is 5.92 Å². The lowest BCUT2D eigenvalue weighted by Crippen LogP contribution is -2.35. The summed E-state index contributed by atoms with van der Waals surface area (Å²) in [7, 11) is 0. The molecule has 0 radical (unpaired) electrons. The van der Waals surface area contributed by atoms with E-state index in [0.717, 1.165) is 21.8 Å². The first-order valence-corrected chi connectivity index (χ1v) is 9.62. The lowest BCUT2D eigenvalue weighted by Gasteiger charge is -2.22. The second kappa shape index (κ2) is 7.42. The first-order valence-electron chi connectivity index (χ1n) is 7.86. The number of hydrogen-bond acceptors (Lipinski definition) is 5. The quantitative estimate of drug-likeness (QED) is 0.666. The number of thioether (sulfide) groups is 1. The van der Waals surface area contributed by atoms with E-state index in [-0.39, 0.29) is 11.2 Å². The molecular weight excluding hydrogens is 314 g/mol. The van der Waals surface area contributed by atoms with E-state index in [0.29, 0.717) is 5.92 Å². The van der Waals surface area contributed by atoms with Crippen LogP contribution in [0.1, 0.15) is 39.0 Å². The van der Waals surface area contributed by atoms with Gasteiger partial charge >= 0.3 is 0 Å². The highest BCUT2D eigenvalue weighted by atomic mass is 32.2. The fraction of sp³-hybridized carbons (Fsp3) is 0.562. The van der Waals surface area contributed by atoms with Gasteiger partial charge in [0.05, 0.1) is 15.5 Å². The predicted octanol–water partition coefficient (Wildman–Crippen LogP) is 3.87. The molecule has 1 amide bonds. The molecule has 0 spiro atoms. The van der Waals surface area contributed by atoms with Crippen LogP contribution in [0.5, 0.6) is 0 Å². The highest BCUT2D eigenvalue weighted by Gasteiger charge is 2.19. The normalized spacial score (nSPS) is 17.5. The van der Waals surface area contributed by atoms with Gasteiger partial charge in [0, 0.05) is 6.54 Å². The van der Waals surface area contributed by atoms with E-state index >= 15 is 0 Å². The van der Waals surface area contributed by atoms with E-state index in [1.807, 2.05) is 18.4 Å². The minimum absolute atomic E-state index is 0.110. The summed E-state index contributed by atoms with van der Waals surface area (Å²) >= 11 is 3.15. The summed E-state index contributed by atoms with van der Waals surface area (Å²) in [6, 6.07) is 1.99. The van der Waals surface area contributed by atoms with Crippen molar-refractivity contribution in [2.45, 2.75) is 49.3 Å². The van der Waals surface area contributed by atoms with Crippen molar-refractivity contribution in [2.24, 2.45) is 5.92 Å². The Morgan fingerprint density at radius 3 is 3.05 bits per heavy atom. The average molecular weight is 335 g/mol. The summed E-state index contributed by atoms with van der Waals surface area (Å²) in [6.45, 7) is 2.77. The lowest BCUT2D eigenvalue weighted by atomic mass is 9.89. The van der Waals surface area contributed by atoms with Gasteiger partial charge in [-0.05, 0) is 37.1 Å². The molecule has 22 heavy (non-hydrogen) atoms. The fourth-order valence-corrected chi connectivity index (χ4v) is 4.71. The summed E-state index contributed by atoms with van der Waals surface area (Å²) < 4.78 is 1.07. The Kier molecular flexibility index (Phi) is 5.31. The molecule has 2 aromatic rings. The molecule has 4 nitrogen and oxygen atoms in total. The van der Waals surface area contributed by atoms with Crippen LogP contribution in [-0.4, -0.2) is 27.7 Å². The zero-order valence-electron chi connectivity index (χ0n) is 12.7. The molecule has 118 valence electrons. The van der Waals surface area contributed by atoms with E-state index < -0.39 is 0 Å². The Hall–Kier alpha value is -1.14. The van der Waals surface area contributed by atoms with E-state index in [4.69, 9.17) is 0 Å². The summed E-state index contributed by atoms with van der Waals surface area (Å²) in [6.07, 6.45) is 8.04. The maximum absolute atomic E-state index is 12.3. The Morgan fingerprint density at radius 2 is 2.23 bits per heavy atom. The Balaban J connectivity index is 1.55. The monoisotopic (exact) mass is 335 g/mol. The second-order valence-electron chi connectivity index (χ2n) is 5.82. The number of nitrogens with one attached hydrogen (secondary N) is 1. The summed E-state index contributed by atoms with van der Waals surface area (Å²) in [4.78, 5) is 20.9. The molecule has 2 heterocycles. The van der Waals surface area contributed by atoms with Crippen LogP contribution in [0.4, 0.5) is 0 Å². The van der Waals surface area contributed by atoms with Gasteiger partial charge in [0.25, 0.3) is 0 Å². The second-order valence-corrected chi connectivity index (χ2v) is 8.07. The third kappa shape index (κ3) is 3.79. The highest BCUT2D eigenvalue weighted by Crippen LogP contribution is 2.31. The predicted molar refractivity (Wildman–Crippen MR) is 92.3 cm³/mol. The number of amides is 1. The van der Waals surface area contributed by atoms with Crippen molar-refractivity contribution in [2.75, 3.05) is 6.54 Å². The van der Waals surface area contributed by atoms with Crippen LogP contribution in [0.2, 0.25) is 0 Å². The van der Waals surface area contributed by atoms with Crippen molar-refractivity contribution in [3.8, 4) is 0 Å². The number of hydrogen-bond donors (Lipinski definition) is 1. The SMILES string of the molecule is CC(Sc1ncnc2ccsc12)C(=O)NCC1CCCCC1. The largest absolute Gasteiger partial charge is 0.355 e. The molecule has 0 bridgehead atoms. The third-order valence-corrected chi connectivity index (χ3v) is 6.30. The van der Waals surface area contributed by atoms with E-state index in [1.165, 1.54) is 43.9 Å². The van der Waals surface area contributed by atoms with Crippen molar-refractivity contribution in [1.29, 1.82) is 0 Å². The molecule has 2 aromatic heterocycles. The van der Waals surface area contributed by atoms with Crippen molar-refractivity contribution >= 4 is 39.2 Å². The number of aromatic nitrogens is 2. The van der Waals surface area contributed by atoms with Crippen LogP contribution in [0.15, 0.2) is 22.8 Å². The first-order chi connectivity index (χ1) is 10.7. The van der Waals surface area contributed by atoms with Crippen molar-refractivity contribution in [1.82, 2.24) is 15.3 Å². The van der Waals surface area contributed by atoms with Gasteiger partial charge in [0.15, 0.2) is 0 Å². The minimum atomic E-state index is -0.135. The van der Waals surface area contributed by atoms with Crippen LogP contribution < -0.4 is 5.32 Å². The lowest BCUT2D eigenvalue weighted by molar-refractivity contribution is -0.120. The van der Waals surface area contributed by atoms with Gasteiger partial charge in [0.1, 0.15) is 11.4 Å². The summed E-state index contributed by atoms with van der Waals surface area (Å²) in [5.74, 6) is 0.775. The van der Waals surface area contributed by atoms with Gasteiger partial charge in [-0.3, -0.25) is 4.79 Å². The topological polar surface area (TPSA) is 54.9 Å². The average Bonchev–Trinajstić information content (AvgIpc) is 3.03. The molecule has 0 saturated heterocycles. The molecule has 1 aliphatic carbocycles. The van der Waals surface area contributed by atoms with Crippen molar-refractivity contribution < 1.29 is 4.79 Å². The minimum Gasteiger partial charge on any atom is -0.355 e. The van der Waals surface area contributed by atoms with Gasteiger partial charge in [-0.1, -0.05) is 31.0 Å². The third-order valence-electron chi connectivity index (χ3n) is 4.16. The Labute approximate surface area is 139 Å². The van der Waals surface area contributed by atoms with E-state index in [1.54, 1.807) is 17.7 Å². The van der Waals surface area contributed by atoms with Gasteiger partial charge in [-0.2, -0.15) is 0 Å². The van der Waals surface area contributed by atoms with Gasteiger partial charge < -0.3 is 5.32 Å². The summed E-state index contributed by atoms with van der Waals surface area (Å²) in [5.41, 5.74) is 0.956. The fourth-order valence-electron chi connectivity index (χ4n) is 2.85. The molecule has 0 aliphatic heterocycles. The van der Waals surface area contributed by atoms with E-state index in [2.05, 4.69) is 15.3 Å². The number of nitrogens with zero attached hydrogens (tertiary/aromatic N) is 2. The van der Waals surface area contributed by atoms with Gasteiger partial charge in [-0.25, -0.2) is 9.97 Å². The van der Waals surface area contributed by atoms with E-state index in [9.17, 15) is 4.79 Å². The molecule has 1 unspecified atom stereocenters. The molecule has 1 N–H and O–H groups in total. The highest BCUT2D eigenvalue weighted by molar-refractivity contribution is 8.00. The zero-order chi connectivity index (χ0) is 15.4. The standard InChI is InChI=1S/C16H21N3OS2/c1-11(15(20)17-9-12-5-3-2-4-6-12)22-16-14-13(7-8-21-14)18-10-19-16/h7-8,10-12H,2-6,9H2,1H3,(H,17,20). The number of carbonyl (C=O) groups excluding carboxylic acids is 1. The molecule has 1 fully saturated rings. The zero-order valence-corrected chi connectivity index (χ0v) is 14.4. The first kappa shape index (κ1) is 15.7. The van der Waals surface area contributed by atoms with Crippen molar-refractivity contribution in [3.05, 3.63) is 17.8 Å². The smallest absolute Gasteiger partial charge is 0.233 e.